The molecular weight excluding hydrogens is 252 g/mol. The van der Waals surface area contributed by atoms with Gasteiger partial charge in [-0.3, -0.25) is 4.79 Å². The van der Waals surface area contributed by atoms with E-state index in [0.717, 1.165) is 25.0 Å². The van der Waals surface area contributed by atoms with E-state index in [0.29, 0.717) is 13.2 Å². The van der Waals surface area contributed by atoms with Gasteiger partial charge in [-0.1, -0.05) is 6.07 Å². The largest absolute Gasteiger partial charge is 0.492 e. The van der Waals surface area contributed by atoms with E-state index in [1.807, 2.05) is 26.0 Å². The second kappa shape index (κ2) is 6.75. The third-order valence-corrected chi connectivity index (χ3v) is 3.71. The van der Waals surface area contributed by atoms with Crippen molar-refractivity contribution in [2.75, 3.05) is 13.2 Å². The highest BCUT2D eigenvalue weighted by Gasteiger charge is 2.27. The molecule has 1 aliphatic carbocycles. The molecule has 0 bridgehead atoms. The highest BCUT2D eigenvalue weighted by molar-refractivity contribution is 5.78. The maximum Gasteiger partial charge on any atom is 0.223 e. The van der Waals surface area contributed by atoms with Crippen LogP contribution in [0.15, 0.2) is 18.2 Å². The smallest absolute Gasteiger partial charge is 0.223 e. The number of ether oxygens (including phenoxy) is 1. The number of aryl methyl sites for hydroxylation is 2. The van der Waals surface area contributed by atoms with E-state index in [1.54, 1.807) is 0 Å². The normalized spacial score (nSPS) is 21.8. The summed E-state index contributed by atoms with van der Waals surface area (Å²) >= 11 is 0. The first-order valence-electron chi connectivity index (χ1n) is 7.29. The molecule has 1 aliphatic rings. The lowest BCUT2D eigenvalue weighted by molar-refractivity contribution is -0.124. The maximum atomic E-state index is 11.9. The summed E-state index contributed by atoms with van der Waals surface area (Å²) in [5.74, 6) is 1.06. The molecule has 20 heavy (non-hydrogen) atoms. The standard InChI is InChI=1S/C16H24N2O2/c1-11-7-12(2)9-15(8-11)20-6-5-18-16(19)13-3-4-14(17)10-13/h7-9,13-14H,3-6,10,17H2,1-2H3,(H,18,19). The molecule has 1 fully saturated rings. The zero-order valence-electron chi connectivity index (χ0n) is 12.3. The minimum atomic E-state index is 0.0891. The van der Waals surface area contributed by atoms with Crippen molar-refractivity contribution in [2.45, 2.75) is 39.2 Å². The molecule has 110 valence electrons. The number of hydrogen-bond donors (Lipinski definition) is 2. The van der Waals surface area contributed by atoms with Gasteiger partial charge in [-0.15, -0.1) is 0 Å². The SMILES string of the molecule is Cc1cc(C)cc(OCCNC(=O)C2CCC(N)C2)c1. The Kier molecular flexibility index (Phi) is 5.01. The Morgan fingerprint density at radius 1 is 1.30 bits per heavy atom. The summed E-state index contributed by atoms with van der Waals surface area (Å²) < 4.78 is 5.66. The molecule has 2 rings (SSSR count). The van der Waals surface area contributed by atoms with Gasteiger partial charge in [0, 0.05) is 12.0 Å². The predicted molar refractivity (Wildman–Crippen MR) is 79.7 cm³/mol. The van der Waals surface area contributed by atoms with Crippen molar-refractivity contribution < 1.29 is 9.53 Å². The number of carbonyl (C=O) groups excluding carboxylic acids is 1. The average molecular weight is 276 g/mol. The van der Waals surface area contributed by atoms with E-state index in [1.165, 1.54) is 11.1 Å². The Bertz CT molecular complexity index is 453. The number of nitrogens with one attached hydrogen (secondary N) is 1. The number of carbonyl (C=O) groups is 1. The Balaban J connectivity index is 1.69. The van der Waals surface area contributed by atoms with E-state index in [2.05, 4.69) is 11.4 Å². The molecule has 2 atom stereocenters. The quantitative estimate of drug-likeness (QED) is 0.808. The van der Waals surface area contributed by atoms with Crippen LogP contribution >= 0.6 is 0 Å². The Hall–Kier alpha value is -1.55. The van der Waals surface area contributed by atoms with Crippen LogP contribution in [0.5, 0.6) is 5.75 Å². The molecule has 0 saturated heterocycles. The number of hydrogen-bond acceptors (Lipinski definition) is 3. The van der Waals surface area contributed by atoms with Gasteiger partial charge in [0.2, 0.25) is 5.91 Å². The van der Waals surface area contributed by atoms with Gasteiger partial charge in [0.15, 0.2) is 0 Å². The van der Waals surface area contributed by atoms with Gasteiger partial charge in [-0.2, -0.15) is 0 Å². The van der Waals surface area contributed by atoms with Crippen LogP contribution < -0.4 is 15.8 Å². The first-order chi connectivity index (χ1) is 9.54. The highest BCUT2D eigenvalue weighted by atomic mass is 16.5. The van der Waals surface area contributed by atoms with Gasteiger partial charge in [-0.25, -0.2) is 0 Å². The molecule has 2 unspecified atom stereocenters. The zero-order chi connectivity index (χ0) is 14.5. The van der Waals surface area contributed by atoms with Gasteiger partial charge in [-0.05, 0) is 56.4 Å². The molecule has 0 aliphatic heterocycles. The molecule has 0 spiro atoms. The van der Waals surface area contributed by atoms with Crippen LogP contribution in [0, 0.1) is 19.8 Å². The molecule has 1 saturated carbocycles. The summed E-state index contributed by atoms with van der Waals surface area (Å²) in [6.07, 6.45) is 2.67. The summed E-state index contributed by atoms with van der Waals surface area (Å²) in [5, 5.41) is 2.93. The predicted octanol–water partition coefficient (Wildman–Crippen LogP) is 1.93. The van der Waals surface area contributed by atoms with Crippen LogP contribution in [0.1, 0.15) is 30.4 Å². The minimum absolute atomic E-state index is 0.0891. The summed E-state index contributed by atoms with van der Waals surface area (Å²) in [4.78, 5) is 11.9. The van der Waals surface area contributed by atoms with Crippen molar-refractivity contribution in [1.82, 2.24) is 5.32 Å². The second-order valence-electron chi connectivity index (χ2n) is 5.73. The third-order valence-electron chi connectivity index (χ3n) is 3.71. The monoisotopic (exact) mass is 276 g/mol. The second-order valence-corrected chi connectivity index (χ2v) is 5.73. The summed E-state index contributed by atoms with van der Waals surface area (Å²) in [6, 6.07) is 6.31. The molecule has 0 aromatic heterocycles. The Labute approximate surface area is 120 Å². The number of rotatable bonds is 5. The Morgan fingerprint density at radius 3 is 2.60 bits per heavy atom. The lowest BCUT2D eigenvalue weighted by atomic mass is 10.1. The van der Waals surface area contributed by atoms with Crippen molar-refractivity contribution in [1.29, 1.82) is 0 Å². The summed E-state index contributed by atoms with van der Waals surface area (Å²) in [5.41, 5.74) is 8.19. The molecule has 0 radical (unpaired) electrons. The Morgan fingerprint density at radius 2 is 2.00 bits per heavy atom. The topological polar surface area (TPSA) is 64.3 Å². The third kappa shape index (κ3) is 4.23. The van der Waals surface area contributed by atoms with Crippen LogP contribution in [-0.2, 0) is 4.79 Å². The van der Waals surface area contributed by atoms with Crippen molar-refractivity contribution in [3.63, 3.8) is 0 Å². The summed E-state index contributed by atoms with van der Waals surface area (Å²) in [7, 11) is 0. The first-order valence-corrected chi connectivity index (χ1v) is 7.29. The van der Waals surface area contributed by atoms with Gasteiger partial charge in [0.1, 0.15) is 12.4 Å². The molecule has 1 amide bonds. The lowest BCUT2D eigenvalue weighted by Gasteiger charge is -2.12. The van der Waals surface area contributed by atoms with Crippen molar-refractivity contribution >= 4 is 5.91 Å². The molecule has 1 aromatic carbocycles. The maximum absolute atomic E-state index is 11.9. The minimum Gasteiger partial charge on any atom is -0.492 e. The highest BCUT2D eigenvalue weighted by Crippen LogP contribution is 2.23. The van der Waals surface area contributed by atoms with Crippen LogP contribution in [0.25, 0.3) is 0 Å². The average Bonchev–Trinajstić information content (AvgIpc) is 2.80. The molecular formula is C16H24N2O2. The van der Waals surface area contributed by atoms with Gasteiger partial charge >= 0.3 is 0 Å². The fraction of sp³-hybridized carbons (Fsp3) is 0.562. The summed E-state index contributed by atoms with van der Waals surface area (Å²) in [6.45, 7) is 5.13. The number of nitrogens with two attached hydrogens (primary N) is 1. The molecule has 3 N–H and O–H groups in total. The van der Waals surface area contributed by atoms with Crippen LogP contribution in [0.2, 0.25) is 0 Å². The lowest BCUT2D eigenvalue weighted by Crippen LogP contribution is -2.33. The first kappa shape index (κ1) is 14.9. The fourth-order valence-electron chi connectivity index (χ4n) is 2.76. The number of benzene rings is 1. The van der Waals surface area contributed by atoms with Crippen molar-refractivity contribution in [2.24, 2.45) is 11.7 Å². The van der Waals surface area contributed by atoms with Crippen molar-refractivity contribution in [3.8, 4) is 5.75 Å². The zero-order valence-corrected chi connectivity index (χ0v) is 12.3. The molecule has 4 heteroatoms. The van der Waals surface area contributed by atoms with Crippen LogP contribution in [0.4, 0.5) is 0 Å². The van der Waals surface area contributed by atoms with E-state index < -0.39 is 0 Å². The van der Waals surface area contributed by atoms with Crippen molar-refractivity contribution in [3.05, 3.63) is 29.3 Å². The fourth-order valence-corrected chi connectivity index (χ4v) is 2.76. The van der Waals surface area contributed by atoms with Gasteiger partial charge in [0.05, 0.1) is 6.54 Å². The van der Waals surface area contributed by atoms with E-state index in [-0.39, 0.29) is 17.9 Å². The van der Waals surface area contributed by atoms with Crippen LogP contribution in [-0.4, -0.2) is 25.1 Å². The van der Waals surface area contributed by atoms with E-state index in [4.69, 9.17) is 10.5 Å². The molecule has 1 aromatic rings. The molecule has 0 heterocycles. The van der Waals surface area contributed by atoms with E-state index in [9.17, 15) is 4.79 Å². The van der Waals surface area contributed by atoms with Crippen LogP contribution in [0.3, 0.4) is 0 Å². The van der Waals surface area contributed by atoms with E-state index >= 15 is 0 Å². The van der Waals surface area contributed by atoms with Gasteiger partial charge in [0.25, 0.3) is 0 Å². The number of amides is 1. The van der Waals surface area contributed by atoms with Gasteiger partial charge < -0.3 is 15.8 Å². The molecule has 4 nitrogen and oxygen atoms in total.